The summed E-state index contributed by atoms with van der Waals surface area (Å²) in [5.74, 6) is 0. The second kappa shape index (κ2) is 9.60. The molecule has 1 aromatic carbocycles. The second-order valence-corrected chi connectivity index (χ2v) is 7.56. The molecule has 2 aromatic rings. The lowest BCUT2D eigenvalue weighted by atomic mass is 9.94. The van der Waals surface area contributed by atoms with Crippen molar-refractivity contribution >= 4 is 29.1 Å². The highest BCUT2D eigenvalue weighted by Gasteiger charge is 2.19. The van der Waals surface area contributed by atoms with Crippen molar-refractivity contribution in [1.82, 2.24) is 9.88 Å². The minimum absolute atomic E-state index is 0.0422. The van der Waals surface area contributed by atoms with Crippen LogP contribution in [0, 0.1) is 5.41 Å². The number of benzene rings is 1. The quantitative estimate of drug-likeness (QED) is 0.537. The van der Waals surface area contributed by atoms with Crippen LogP contribution in [0.4, 0.5) is 0 Å². The average molecular weight is 366 g/mol. The number of fused-ring (bicyclic) bond motifs is 1. The molecule has 0 spiro atoms. The minimum atomic E-state index is -0.250. The molecule has 0 aliphatic rings. The summed E-state index contributed by atoms with van der Waals surface area (Å²) in [6.07, 6.45) is 2.02. The molecule has 0 aliphatic heterocycles. The van der Waals surface area contributed by atoms with Gasteiger partial charge in [-0.25, -0.2) is 0 Å². The molecule has 138 valence electrons. The maximum Gasteiger partial charge on any atom is 0.290 e. The van der Waals surface area contributed by atoms with Gasteiger partial charge in [0.15, 0.2) is 0 Å². The van der Waals surface area contributed by atoms with E-state index < -0.39 is 0 Å². The first-order chi connectivity index (χ1) is 11.8. The van der Waals surface area contributed by atoms with E-state index in [-0.39, 0.29) is 24.1 Å². The summed E-state index contributed by atoms with van der Waals surface area (Å²) in [4.78, 5) is 26.8. The smallest absolute Gasteiger partial charge is 0.290 e. The van der Waals surface area contributed by atoms with E-state index in [1.165, 1.54) is 0 Å². The van der Waals surface area contributed by atoms with Crippen LogP contribution in [0.25, 0.3) is 10.9 Å². The van der Waals surface area contributed by atoms with Crippen LogP contribution in [0.5, 0.6) is 0 Å². The van der Waals surface area contributed by atoms with Gasteiger partial charge in [-0.2, -0.15) is 0 Å². The summed E-state index contributed by atoms with van der Waals surface area (Å²) in [5.41, 5.74) is 1.41. The molecule has 25 heavy (non-hydrogen) atoms. The minimum Gasteiger partial charge on any atom is -0.483 e. The SMILES string of the molecule is CSc1ccc2cc(CN(C)CC(C)(C)CO)c(=O)[nH]c2c1.O=CO. The number of aromatic nitrogens is 1. The van der Waals surface area contributed by atoms with Gasteiger partial charge < -0.3 is 20.1 Å². The highest BCUT2D eigenvalue weighted by atomic mass is 32.2. The van der Waals surface area contributed by atoms with Gasteiger partial charge in [-0.05, 0) is 36.9 Å². The number of nitrogens with one attached hydrogen (secondary N) is 1. The summed E-state index contributed by atoms with van der Waals surface area (Å²) in [7, 11) is 1.97. The molecule has 0 atom stereocenters. The zero-order chi connectivity index (χ0) is 19.0. The van der Waals surface area contributed by atoms with Crippen molar-refractivity contribution in [2.45, 2.75) is 25.3 Å². The number of hydrogen-bond acceptors (Lipinski definition) is 5. The van der Waals surface area contributed by atoms with Crippen molar-refractivity contribution in [2.24, 2.45) is 5.41 Å². The Balaban J connectivity index is 0.000000970. The fraction of sp³-hybridized carbons (Fsp3) is 0.444. The predicted molar refractivity (Wildman–Crippen MR) is 102 cm³/mol. The van der Waals surface area contributed by atoms with Gasteiger partial charge in [-0.1, -0.05) is 19.9 Å². The van der Waals surface area contributed by atoms with Crippen molar-refractivity contribution < 1.29 is 15.0 Å². The molecule has 0 radical (unpaired) electrons. The van der Waals surface area contributed by atoms with Crippen LogP contribution in [0.1, 0.15) is 19.4 Å². The Labute approximate surface area is 151 Å². The Morgan fingerprint density at radius 1 is 1.32 bits per heavy atom. The molecule has 0 amide bonds. The number of aliphatic hydroxyl groups excluding tert-OH is 1. The lowest BCUT2D eigenvalue weighted by molar-refractivity contribution is -0.122. The van der Waals surface area contributed by atoms with Crippen molar-refractivity contribution in [2.75, 3.05) is 26.5 Å². The van der Waals surface area contributed by atoms with Crippen molar-refractivity contribution in [1.29, 1.82) is 0 Å². The summed E-state index contributed by atoms with van der Waals surface area (Å²) in [6.45, 7) is 5.20. The fourth-order valence-corrected chi connectivity index (χ4v) is 3.04. The molecule has 0 bridgehead atoms. The summed E-state index contributed by atoms with van der Waals surface area (Å²) < 4.78 is 0. The molecular formula is C18H26N2O4S. The first-order valence-corrected chi connectivity index (χ1v) is 9.06. The molecule has 0 unspecified atom stereocenters. The van der Waals surface area contributed by atoms with Crippen LogP contribution in [0.3, 0.4) is 0 Å². The molecule has 0 saturated heterocycles. The highest BCUT2D eigenvalue weighted by Crippen LogP contribution is 2.21. The van der Waals surface area contributed by atoms with Crippen LogP contribution in [0.15, 0.2) is 34.0 Å². The largest absolute Gasteiger partial charge is 0.483 e. The molecule has 1 heterocycles. The van der Waals surface area contributed by atoms with Crippen LogP contribution in [0.2, 0.25) is 0 Å². The molecule has 1 aromatic heterocycles. The Hall–Kier alpha value is -1.83. The number of pyridine rings is 1. The van der Waals surface area contributed by atoms with Gasteiger partial charge in [0.1, 0.15) is 0 Å². The summed E-state index contributed by atoms with van der Waals surface area (Å²) in [6, 6.07) is 8.07. The zero-order valence-corrected chi connectivity index (χ0v) is 15.9. The number of carbonyl (C=O) groups is 1. The van der Waals surface area contributed by atoms with Crippen LogP contribution >= 0.6 is 11.8 Å². The van der Waals surface area contributed by atoms with Crippen molar-refractivity contribution in [3.63, 3.8) is 0 Å². The number of rotatable bonds is 6. The monoisotopic (exact) mass is 366 g/mol. The van der Waals surface area contributed by atoms with Gasteiger partial charge in [0.25, 0.3) is 12.0 Å². The standard InChI is InChI=1S/C17H24N2O2S.CH2O2/c1-17(2,11-20)10-19(3)9-13-7-12-5-6-14(22-4)8-15(12)18-16(13)21;2-1-3/h5-8,20H,9-11H2,1-4H3,(H,18,21);1H,(H,2,3). The van der Waals surface area contributed by atoms with E-state index in [4.69, 9.17) is 9.90 Å². The summed E-state index contributed by atoms with van der Waals surface area (Å²) >= 11 is 1.66. The Morgan fingerprint density at radius 3 is 2.52 bits per heavy atom. The van der Waals surface area contributed by atoms with Crippen LogP contribution in [-0.4, -0.2) is 53.0 Å². The first kappa shape index (κ1) is 21.2. The topological polar surface area (TPSA) is 93.6 Å². The maximum atomic E-state index is 12.3. The van der Waals surface area contributed by atoms with Gasteiger partial charge in [0, 0.05) is 41.1 Å². The summed E-state index contributed by atoms with van der Waals surface area (Å²) in [5, 5.41) is 17.3. The molecule has 7 heteroatoms. The first-order valence-electron chi connectivity index (χ1n) is 7.83. The molecule has 3 N–H and O–H groups in total. The van der Waals surface area contributed by atoms with E-state index >= 15 is 0 Å². The lowest BCUT2D eigenvalue weighted by Crippen LogP contribution is -2.34. The van der Waals surface area contributed by atoms with Gasteiger partial charge in [-0.3, -0.25) is 9.59 Å². The Morgan fingerprint density at radius 2 is 1.96 bits per heavy atom. The number of carboxylic acid groups (broad SMARTS) is 1. The molecule has 2 rings (SSSR count). The number of aromatic amines is 1. The molecule has 0 aliphatic carbocycles. The number of nitrogens with zero attached hydrogens (tertiary/aromatic N) is 1. The molecule has 0 fully saturated rings. The molecule has 0 saturated carbocycles. The third kappa shape index (κ3) is 6.53. The van der Waals surface area contributed by atoms with Gasteiger partial charge in [-0.15, -0.1) is 11.8 Å². The van der Waals surface area contributed by atoms with E-state index in [1.807, 2.05) is 45.4 Å². The lowest BCUT2D eigenvalue weighted by Gasteiger charge is -2.28. The average Bonchev–Trinajstić information content (AvgIpc) is 2.55. The number of aliphatic hydroxyl groups is 1. The van der Waals surface area contributed by atoms with E-state index in [0.29, 0.717) is 6.54 Å². The second-order valence-electron chi connectivity index (χ2n) is 6.68. The van der Waals surface area contributed by atoms with Crippen LogP contribution in [-0.2, 0) is 11.3 Å². The molecular weight excluding hydrogens is 340 g/mol. The normalized spacial score (nSPS) is 11.3. The number of H-pyrrole nitrogens is 1. The van der Waals surface area contributed by atoms with E-state index in [1.54, 1.807) is 11.8 Å². The van der Waals surface area contributed by atoms with Crippen LogP contribution < -0.4 is 5.56 Å². The zero-order valence-electron chi connectivity index (χ0n) is 15.1. The molecule has 6 nitrogen and oxygen atoms in total. The third-order valence-corrected chi connectivity index (χ3v) is 4.42. The number of hydrogen-bond donors (Lipinski definition) is 3. The fourth-order valence-electron chi connectivity index (χ4n) is 2.60. The van der Waals surface area contributed by atoms with Gasteiger partial charge in [0.05, 0.1) is 0 Å². The maximum absolute atomic E-state index is 12.3. The van der Waals surface area contributed by atoms with Crippen molar-refractivity contribution in [3.05, 3.63) is 40.2 Å². The van der Waals surface area contributed by atoms with Gasteiger partial charge >= 0.3 is 0 Å². The van der Waals surface area contributed by atoms with Crippen molar-refractivity contribution in [3.8, 4) is 0 Å². The predicted octanol–water partition coefficient (Wildman–Crippen LogP) is 2.40. The van der Waals surface area contributed by atoms with E-state index in [2.05, 4.69) is 16.0 Å². The Kier molecular flexibility index (Phi) is 8.15. The van der Waals surface area contributed by atoms with E-state index in [0.717, 1.165) is 27.9 Å². The third-order valence-electron chi connectivity index (χ3n) is 3.70. The van der Waals surface area contributed by atoms with E-state index in [9.17, 15) is 9.90 Å². The number of thioether (sulfide) groups is 1. The Bertz CT molecular complexity index is 758. The van der Waals surface area contributed by atoms with Gasteiger partial charge in [0.2, 0.25) is 0 Å². The highest BCUT2D eigenvalue weighted by molar-refractivity contribution is 7.98.